The number of halogens is 2. The number of hydrogen-bond donors (Lipinski definition) is 0. The molecule has 0 fully saturated rings. The molecule has 2 aliphatic rings. The fourth-order valence-corrected chi connectivity index (χ4v) is 5.45. The van der Waals surface area contributed by atoms with Crippen molar-refractivity contribution in [1.29, 1.82) is 0 Å². The van der Waals surface area contributed by atoms with Crippen LogP contribution in [0.4, 0.5) is 0 Å². The number of thiazole rings is 1. The third-order valence-corrected chi connectivity index (χ3v) is 7.89. The van der Waals surface area contributed by atoms with Crippen LogP contribution in [0, 0.1) is 0 Å². The van der Waals surface area contributed by atoms with Gasteiger partial charge in [0.2, 0.25) is 0 Å². The van der Waals surface area contributed by atoms with Crippen LogP contribution in [0.3, 0.4) is 0 Å². The highest BCUT2D eigenvalue weighted by molar-refractivity contribution is 7.09. The Morgan fingerprint density at radius 2 is 2.06 bits per heavy atom. The van der Waals surface area contributed by atoms with E-state index in [2.05, 4.69) is 4.98 Å². The number of fused-ring (bicyclic) bond motifs is 3. The van der Waals surface area contributed by atoms with Gasteiger partial charge in [-0.2, -0.15) is 5.10 Å². The first-order chi connectivity index (χ1) is 15.3. The lowest BCUT2D eigenvalue weighted by atomic mass is 9.97. The van der Waals surface area contributed by atoms with Gasteiger partial charge in [-0.1, -0.05) is 23.2 Å². The number of benzene rings is 1. The Kier molecular flexibility index (Phi) is 5.47. The summed E-state index contributed by atoms with van der Waals surface area (Å²) in [5.41, 5.74) is 2.77. The molecule has 0 saturated carbocycles. The lowest BCUT2D eigenvalue weighted by molar-refractivity contribution is 0.0604. The molecule has 10 heteroatoms. The molecule has 0 aliphatic carbocycles. The molecule has 3 aromatic rings. The minimum atomic E-state index is -0.141. The molecule has 0 radical (unpaired) electrons. The Morgan fingerprint density at radius 3 is 2.78 bits per heavy atom. The molecular formula is C22H21Cl2N5O2S. The zero-order valence-electron chi connectivity index (χ0n) is 17.6. The summed E-state index contributed by atoms with van der Waals surface area (Å²) in [7, 11) is 0. The minimum absolute atomic E-state index is 0.0538. The number of hydrogen-bond acceptors (Lipinski definition) is 5. The second kappa shape index (κ2) is 8.17. The number of rotatable bonds is 3. The molecule has 0 N–H and O–H groups in total. The first-order valence-electron chi connectivity index (χ1n) is 10.4. The highest BCUT2D eigenvalue weighted by Gasteiger charge is 2.38. The van der Waals surface area contributed by atoms with Crippen LogP contribution in [0.1, 0.15) is 57.0 Å². The zero-order valence-corrected chi connectivity index (χ0v) is 19.9. The Labute approximate surface area is 199 Å². The van der Waals surface area contributed by atoms with Crippen LogP contribution in [0.2, 0.25) is 10.0 Å². The van der Waals surface area contributed by atoms with E-state index in [0.717, 1.165) is 16.3 Å². The Morgan fingerprint density at radius 1 is 1.25 bits per heavy atom. The zero-order chi connectivity index (χ0) is 22.6. The van der Waals surface area contributed by atoms with Crippen LogP contribution in [0.25, 0.3) is 0 Å². The topological polar surface area (TPSA) is 71.3 Å². The van der Waals surface area contributed by atoms with Crippen molar-refractivity contribution >= 4 is 46.4 Å². The molecule has 0 spiro atoms. The lowest BCUT2D eigenvalue weighted by Crippen LogP contribution is -2.44. The summed E-state index contributed by atoms with van der Waals surface area (Å²) in [6, 6.07) is 4.72. The molecule has 166 valence electrons. The van der Waals surface area contributed by atoms with Crippen molar-refractivity contribution < 1.29 is 9.59 Å². The maximum absolute atomic E-state index is 13.5. The Balaban J connectivity index is 1.46. The average Bonchev–Trinajstić information content (AvgIpc) is 3.42. The Bertz CT molecular complexity index is 1210. The van der Waals surface area contributed by atoms with Gasteiger partial charge in [0.25, 0.3) is 11.8 Å². The molecule has 32 heavy (non-hydrogen) atoms. The van der Waals surface area contributed by atoms with Crippen LogP contribution in [-0.2, 0) is 19.5 Å². The smallest absolute Gasteiger partial charge is 0.273 e. The van der Waals surface area contributed by atoms with Crippen LogP contribution in [-0.4, -0.2) is 49.0 Å². The second-order valence-electron chi connectivity index (χ2n) is 8.16. The van der Waals surface area contributed by atoms with Gasteiger partial charge in [-0.15, -0.1) is 11.3 Å². The second-order valence-corrected chi connectivity index (χ2v) is 9.90. The van der Waals surface area contributed by atoms with Gasteiger partial charge in [0, 0.05) is 41.7 Å². The van der Waals surface area contributed by atoms with Crippen molar-refractivity contribution in [3.8, 4) is 0 Å². The molecule has 0 saturated heterocycles. The minimum Gasteiger partial charge on any atom is -0.331 e. The van der Waals surface area contributed by atoms with E-state index in [-0.39, 0.29) is 23.9 Å². The molecule has 2 aromatic heterocycles. The third-order valence-electron chi connectivity index (χ3n) is 6.20. The summed E-state index contributed by atoms with van der Waals surface area (Å²) in [6.45, 7) is 5.52. The fourth-order valence-electron chi connectivity index (χ4n) is 4.45. The molecule has 1 aromatic carbocycles. The molecule has 7 nitrogen and oxygen atoms in total. The molecule has 2 amide bonds. The van der Waals surface area contributed by atoms with Gasteiger partial charge in [0.15, 0.2) is 0 Å². The SMILES string of the molecule is CC(c1nccs1)N1CCn2nc3c(c2C1=O)CN(C(=O)c1ccc(Cl)c(Cl)c1)[C@H](C)C3. The van der Waals surface area contributed by atoms with Crippen molar-refractivity contribution in [3.05, 3.63) is 67.3 Å². The van der Waals surface area contributed by atoms with E-state index in [1.165, 1.54) is 0 Å². The number of aromatic nitrogens is 3. The largest absolute Gasteiger partial charge is 0.331 e. The predicted molar refractivity (Wildman–Crippen MR) is 123 cm³/mol. The van der Waals surface area contributed by atoms with Gasteiger partial charge in [0.05, 0.1) is 34.9 Å². The van der Waals surface area contributed by atoms with Gasteiger partial charge in [-0.05, 0) is 32.0 Å². The van der Waals surface area contributed by atoms with E-state index in [4.69, 9.17) is 28.3 Å². The van der Waals surface area contributed by atoms with E-state index in [1.54, 1.807) is 45.3 Å². The summed E-state index contributed by atoms with van der Waals surface area (Å²) >= 11 is 13.7. The van der Waals surface area contributed by atoms with Crippen molar-refractivity contribution in [1.82, 2.24) is 24.6 Å². The molecular weight excluding hydrogens is 469 g/mol. The summed E-state index contributed by atoms with van der Waals surface area (Å²) in [6.07, 6.45) is 2.35. The summed E-state index contributed by atoms with van der Waals surface area (Å²) < 4.78 is 1.80. The predicted octanol–water partition coefficient (Wildman–Crippen LogP) is 4.45. The molecule has 2 atom stereocenters. The van der Waals surface area contributed by atoms with Crippen LogP contribution in [0.5, 0.6) is 0 Å². The summed E-state index contributed by atoms with van der Waals surface area (Å²) in [5, 5.41) is 8.29. The monoisotopic (exact) mass is 489 g/mol. The van der Waals surface area contributed by atoms with E-state index in [9.17, 15) is 9.59 Å². The van der Waals surface area contributed by atoms with Crippen molar-refractivity contribution in [3.63, 3.8) is 0 Å². The quantitative estimate of drug-likeness (QED) is 0.544. The maximum Gasteiger partial charge on any atom is 0.273 e. The van der Waals surface area contributed by atoms with Gasteiger partial charge >= 0.3 is 0 Å². The standard InChI is InChI=1S/C22H21Cl2N5O2S/c1-12-9-18-15(11-28(12)21(30)14-3-4-16(23)17(24)10-14)19-22(31)27(6-7-29(19)26-18)13(2)20-25-5-8-32-20/h3-5,8,10,12-13H,6-7,9,11H2,1-2H3/t12-,13?/m1/s1. The maximum atomic E-state index is 13.5. The number of amides is 2. The third kappa shape index (κ3) is 3.50. The molecule has 0 bridgehead atoms. The van der Waals surface area contributed by atoms with Gasteiger partial charge < -0.3 is 9.80 Å². The van der Waals surface area contributed by atoms with E-state index < -0.39 is 0 Å². The van der Waals surface area contributed by atoms with Crippen LogP contribution >= 0.6 is 34.5 Å². The van der Waals surface area contributed by atoms with Crippen LogP contribution in [0.15, 0.2) is 29.8 Å². The van der Waals surface area contributed by atoms with Crippen molar-refractivity contribution in [2.24, 2.45) is 0 Å². The number of nitrogens with zero attached hydrogens (tertiary/aromatic N) is 5. The Hall–Kier alpha value is -2.42. The molecule has 1 unspecified atom stereocenters. The summed E-state index contributed by atoms with van der Waals surface area (Å²) in [4.78, 5) is 34.8. The van der Waals surface area contributed by atoms with Gasteiger partial charge in [-0.25, -0.2) is 4.98 Å². The highest BCUT2D eigenvalue weighted by atomic mass is 35.5. The van der Waals surface area contributed by atoms with Crippen LogP contribution < -0.4 is 0 Å². The highest BCUT2D eigenvalue weighted by Crippen LogP contribution is 2.33. The number of carbonyl (C=O) groups excluding carboxylic acids is 2. The normalized spacial score (nSPS) is 19.0. The van der Waals surface area contributed by atoms with E-state index >= 15 is 0 Å². The van der Waals surface area contributed by atoms with E-state index in [0.29, 0.717) is 47.4 Å². The van der Waals surface area contributed by atoms with Gasteiger partial charge in [-0.3, -0.25) is 14.3 Å². The van der Waals surface area contributed by atoms with Crippen molar-refractivity contribution in [2.45, 2.75) is 45.4 Å². The first-order valence-corrected chi connectivity index (χ1v) is 12.0. The fraction of sp³-hybridized carbons (Fsp3) is 0.364. The lowest BCUT2D eigenvalue weighted by Gasteiger charge is -2.35. The van der Waals surface area contributed by atoms with Gasteiger partial charge in [0.1, 0.15) is 10.7 Å². The molecule has 5 rings (SSSR count). The van der Waals surface area contributed by atoms with E-state index in [1.807, 2.05) is 24.1 Å². The van der Waals surface area contributed by atoms with Crippen molar-refractivity contribution in [2.75, 3.05) is 6.54 Å². The average molecular weight is 490 g/mol. The molecule has 4 heterocycles. The summed E-state index contributed by atoms with van der Waals surface area (Å²) in [5.74, 6) is -0.206. The first kappa shape index (κ1) is 21.4. The number of carbonyl (C=O) groups is 2. The molecule has 2 aliphatic heterocycles.